The molecule has 2 aromatic rings. The van der Waals surface area contributed by atoms with Gasteiger partial charge < -0.3 is 4.90 Å². The molecule has 1 amide bonds. The number of carbonyl (C=O) groups excluding carboxylic acids is 1. The summed E-state index contributed by atoms with van der Waals surface area (Å²) in [6.45, 7) is 0. The van der Waals surface area contributed by atoms with E-state index in [0.29, 0.717) is 12.8 Å². The first-order valence-corrected chi connectivity index (χ1v) is 11.1. The van der Waals surface area contributed by atoms with E-state index in [1.54, 1.807) is 19.0 Å². The normalized spacial score (nSPS) is 13.4. The second-order valence-corrected chi connectivity index (χ2v) is 11.7. The lowest BCUT2D eigenvalue weighted by Crippen LogP contribution is -2.23. The Balaban J connectivity index is 2.32. The van der Waals surface area contributed by atoms with Crippen LogP contribution >= 0.6 is 17.5 Å². The van der Waals surface area contributed by atoms with E-state index in [1.807, 2.05) is 42.5 Å². The number of thiol groups is 1. The minimum atomic E-state index is -2.12. The van der Waals surface area contributed by atoms with Gasteiger partial charge in [-0.25, -0.2) is 0 Å². The van der Waals surface area contributed by atoms with Gasteiger partial charge in [0, 0.05) is 25.8 Å². The van der Waals surface area contributed by atoms with Crippen LogP contribution in [0.4, 0.5) is 0 Å². The van der Waals surface area contributed by atoms with Crippen LogP contribution in [0.25, 0.3) is 0 Å². The topological polar surface area (TPSA) is 20.3 Å². The Hall–Kier alpha value is -1.09. The molecule has 0 heterocycles. The average molecular weight is 349 g/mol. The van der Waals surface area contributed by atoms with E-state index in [0.717, 1.165) is 16.2 Å². The Morgan fingerprint density at radius 1 is 1.09 bits per heavy atom. The molecule has 0 radical (unpaired) electrons. The molecule has 0 aliphatic heterocycles. The van der Waals surface area contributed by atoms with E-state index >= 15 is 0 Å². The van der Waals surface area contributed by atoms with Crippen LogP contribution in [0.2, 0.25) is 0 Å². The highest BCUT2D eigenvalue weighted by atomic mass is 32.9. The molecule has 0 bridgehead atoms. The van der Waals surface area contributed by atoms with Crippen LogP contribution < -0.4 is 10.6 Å². The third-order valence-electron chi connectivity index (χ3n) is 3.53. The number of aryl methyl sites for hydroxylation is 1. The first kappa shape index (κ1) is 17.3. The maximum Gasteiger partial charge on any atom is 0.222 e. The van der Waals surface area contributed by atoms with Gasteiger partial charge >= 0.3 is 0 Å². The number of carbonyl (C=O) groups is 1. The second kappa shape index (κ2) is 7.45. The third kappa shape index (κ3) is 4.01. The van der Waals surface area contributed by atoms with Crippen molar-refractivity contribution in [1.29, 1.82) is 0 Å². The van der Waals surface area contributed by atoms with Crippen molar-refractivity contribution in [2.75, 3.05) is 14.1 Å². The fourth-order valence-corrected chi connectivity index (χ4v) is 5.86. The van der Waals surface area contributed by atoms with Gasteiger partial charge in [-0.3, -0.25) is 4.79 Å². The van der Waals surface area contributed by atoms with Gasteiger partial charge in [-0.2, -0.15) is 0 Å². The zero-order valence-electron chi connectivity index (χ0n) is 12.8. The van der Waals surface area contributed by atoms with E-state index < -0.39 is 5.24 Å². The summed E-state index contributed by atoms with van der Waals surface area (Å²) in [5, 5.41) is 0.0564. The number of benzene rings is 2. The third-order valence-corrected chi connectivity index (χ3v) is 8.18. The first-order chi connectivity index (χ1) is 10.4. The molecule has 0 spiro atoms. The summed E-state index contributed by atoms with van der Waals surface area (Å²) in [7, 11) is 3.56. The van der Waals surface area contributed by atoms with Crippen LogP contribution in [0.1, 0.15) is 12.0 Å². The fraction of sp³-hybridized carbons (Fsp3) is 0.235. The number of hydrogen-bond donors (Lipinski definition) is 1. The van der Waals surface area contributed by atoms with Gasteiger partial charge in [-0.1, -0.05) is 66.4 Å². The maximum atomic E-state index is 11.8. The quantitative estimate of drug-likeness (QED) is 0.662. The fourth-order valence-electron chi connectivity index (χ4n) is 2.25. The Morgan fingerprint density at radius 3 is 2.32 bits per heavy atom. The van der Waals surface area contributed by atoms with Crippen molar-refractivity contribution in [3.63, 3.8) is 0 Å². The van der Waals surface area contributed by atoms with Crippen LogP contribution in [-0.2, 0) is 23.0 Å². The predicted molar refractivity (Wildman–Crippen MR) is 102 cm³/mol. The molecule has 2 nitrogen and oxygen atoms in total. The highest BCUT2D eigenvalue weighted by Gasteiger charge is 2.20. The molecule has 22 heavy (non-hydrogen) atoms. The summed E-state index contributed by atoms with van der Waals surface area (Å²) in [5.74, 6) is 0.127. The van der Waals surface area contributed by atoms with Crippen molar-refractivity contribution in [3.05, 3.63) is 60.2 Å². The molecule has 0 aliphatic carbocycles. The Kier molecular flexibility index (Phi) is 5.85. The minimum absolute atomic E-state index is 0.127. The Labute approximate surface area is 142 Å². The zero-order valence-corrected chi connectivity index (χ0v) is 15.4. The highest BCUT2D eigenvalue weighted by molar-refractivity contribution is 8.68. The lowest BCUT2D eigenvalue weighted by Gasteiger charge is -2.20. The molecule has 116 valence electrons. The molecule has 0 aromatic heterocycles. The van der Waals surface area contributed by atoms with Gasteiger partial charge in [0.1, 0.15) is 0 Å². The number of amides is 1. The number of nitrogens with zero attached hydrogens (tertiary/aromatic N) is 1. The molecular formula is C17H20NOPS2. The van der Waals surface area contributed by atoms with Crippen LogP contribution in [0.5, 0.6) is 0 Å². The Morgan fingerprint density at radius 2 is 1.68 bits per heavy atom. The summed E-state index contributed by atoms with van der Waals surface area (Å²) in [5.41, 5.74) is 1.12. The zero-order chi connectivity index (χ0) is 16.2. The van der Waals surface area contributed by atoms with Crippen molar-refractivity contribution >= 4 is 45.8 Å². The standard InChI is InChI=1S/C17H20NOPS2/c1-18(2)17(19)13-12-14-8-6-7-11-16(14)20(21,22)15-9-4-3-5-10-15/h3-11H,12-13H2,1-2H3,(H,21,22). The van der Waals surface area contributed by atoms with Gasteiger partial charge in [0.2, 0.25) is 5.91 Å². The monoisotopic (exact) mass is 349 g/mol. The van der Waals surface area contributed by atoms with Crippen LogP contribution in [0, 0.1) is 0 Å². The Bertz CT molecular complexity index is 701. The molecule has 2 aromatic carbocycles. The van der Waals surface area contributed by atoms with Crippen molar-refractivity contribution in [2.45, 2.75) is 12.8 Å². The van der Waals surface area contributed by atoms with E-state index in [1.165, 1.54) is 0 Å². The summed E-state index contributed by atoms with van der Waals surface area (Å²) in [6.07, 6.45) is 1.18. The molecule has 0 saturated heterocycles. The molecule has 1 unspecified atom stereocenters. The molecule has 5 heteroatoms. The van der Waals surface area contributed by atoms with Crippen LogP contribution in [0.15, 0.2) is 54.6 Å². The number of rotatable bonds is 5. The molecule has 0 saturated carbocycles. The largest absolute Gasteiger partial charge is 0.349 e. The molecular weight excluding hydrogens is 329 g/mol. The van der Waals surface area contributed by atoms with Crippen molar-refractivity contribution < 1.29 is 4.79 Å². The first-order valence-electron chi connectivity index (χ1n) is 7.10. The SMILES string of the molecule is CN(C)C(=O)CCc1ccccc1P(=S)(S)c1ccccc1. The van der Waals surface area contributed by atoms with Gasteiger partial charge in [0.05, 0.1) is 5.24 Å². The lowest BCUT2D eigenvalue weighted by molar-refractivity contribution is -0.128. The minimum Gasteiger partial charge on any atom is -0.349 e. The van der Waals surface area contributed by atoms with Gasteiger partial charge in [-0.05, 0) is 17.3 Å². The van der Waals surface area contributed by atoms with E-state index in [9.17, 15) is 4.79 Å². The smallest absolute Gasteiger partial charge is 0.222 e. The van der Waals surface area contributed by atoms with Gasteiger partial charge in [0.15, 0.2) is 0 Å². The maximum absolute atomic E-state index is 11.8. The average Bonchev–Trinajstić information content (AvgIpc) is 2.53. The molecule has 2 rings (SSSR count). The summed E-state index contributed by atoms with van der Waals surface area (Å²) >= 11 is 10.7. The van der Waals surface area contributed by atoms with Gasteiger partial charge in [-0.15, -0.1) is 12.2 Å². The molecule has 0 N–H and O–H groups in total. The van der Waals surface area contributed by atoms with Crippen molar-refractivity contribution in [3.8, 4) is 0 Å². The second-order valence-electron chi connectivity index (χ2n) is 5.33. The summed E-state index contributed by atoms with van der Waals surface area (Å²) in [6, 6.07) is 18.1. The van der Waals surface area contributed by atoms with Crippen molar-refractivity contribution in [1.82, 2.24) is 4.90 Å². The summed E-state index contributed by atoms with van der Waals surface area (Å²) < 4.78 is 0. The van der Waals surface area contributed by atoms with E-state index in [4.69, 9.17) is 24.1 Å². The molecule has 1 atom stereocenters. The van der Waals surface area contributed by atoms with Crippen LogP contribution in [-0.4, -0.2) is 24.9 Å². The number of hydrogen-bond acceptors (Lipinski definition) is 2. The highest BCUT2D eigenvalue weighted by Crippen LogP contribution is 2.49. The van der Waals surface area contributed by atoms with Crippen LogP contribution in [0.3, 0.4) is 0 Å². The lowest BCUT2D eigenvalue weighted by atomic mass is 10.1. The molecule has 0 fully saturated rings. The van der Waals surface area contributed by atoms with Gasteiger partial charge in [0.25, 0.3) is 0 Å². The predicted octanol–water partition coefficient (Wildman–Crippen LogP) is 2.98. The molecule has 0 aliphatic rings. The van der Waals surface area contributed by atoms with Crippen molar-refractivity contribution in [2.24, 2.45) is 0 Å². The summed E-state index contributed by atoms with van der Waals surface area (Å²) in [4.78, 5) is 13.5. The van der Waals surface area contributed by atoms with E-state index in [-0.39, 0.29) is 5.91 Å². The van der Waals surface area contributed by atoms with E-state index in [2.05, 4.69) is 12.1 Å².